The second kappa shape index (κ2) is 4.46. The minimum atomic E-state index is 0.207. The third kappa shape index (κ3) is 2.22. The maximum Gasteiger partial charge on any atom is 0.123 e. The fraction of sp³-hybridized carbons (Fsp3) is 0.571. The largest absolute Gasteiger partial charge is 0.493 e. The molecule has 0 amide bonds. The van der Waals surface area contributed by atoms with E-state index in [1.807, 2.05) is 6.07 Å². The summed E-state index contributed by atoms with van der Waals surface area (Å²) in [6.07, 6.45) is 1.09. The average molecular weight is 219 g/mol. The Kier molecular flexibility index (Phi) is 3.20. The van der Waals surface area contributed by atoms with Crippen molar-refractivity contribution < 1.29 is 4.74 Å². The van der Waals surface area contributed by atoms with Crippen LogP contribution in [0.25, 0.3) is 0 Å². The summed E-state index contributed by atoms with van der Waals surface area (Å²) in [6, 6.07) is 8.94. The lowest BCUT2D eigenvalue weighted by molar-refractivity contribution is 0.218. The lowest BCUT2D eigenvalue weighted by Gasteiger charge is -2.36. The second-order valence-electron chi connectivity index (χ2n) is 5.19. The molecule has 1 aromatic carbocycles. The normalized spacial score (nSPS) is 24.0. The Hall–Kier alpha value is -1.02. The van der Waals surface area contributed by atoms with Crippen LogP contribution < -0.4 is 10.1 Å². The molecule has 1 aromatic rings. The molecular weight excluding hydrogens is 198 g/mol. The molecule has 0 aliphatic carbocycles. The van der Waals surface area contributed by atoms with E-state index in [0.29, 0.717) is 6.04 Å². The first kappa shape index (κ1) is 11.5. The van der Waals surface area contributed by atoms with E-state index in [2.05, 4.69) is 44.3 Å². The molecule has 0 radical (unpaired) electrons. The monoisotopic (exact) mass is 219 g/mol. The van der Waals surface area contributed by atoms with Gasteiger partial charge in [-0.25, -0.2) is 0 Å². The van der Waals surface area contributed by atoms with E-state index >= 15 is 0 Å². The number of nitrogens with one attached hydrogen (secondary N) is 1. The highest BCUT2D eigenvalue weighted by Gasteiger charge is 2.32. The summed E-state index contributed by atoms with van der Waals surface area (Å²) in [6.45, 7) is 8.55. The molecule has 88 valence electrons. The molecule has 1 atom stereocenters. The van der Waals surface area contributed by atoms with Crippen molar-refractivity contribution in [2.24, 2.45) is 0 Å². The van der Waals surface area contributed by atoms with Crippen LogP contribution in [0.3, 0.4) is 0 Å². The number of hydrogen-bond acceptors (Lipinski definition) is 2. The summed E-state index contributed by atoms with van der Waals surface area (Å²) in [5, 5.41) is 3.54. The summed E-state index contributed by atoms with van der Waals surface area (Å²) in [5.74, 6) is 1.06. The van der Waals surface area contributed by atoms with Crippen LogP contribution in [0, 0.1) is 0 Å². The van der Waals surface area contributed by atoms with Gasteiger partial charge in [-0.2, -0.15) is 0 Å². The fourth-order valence-electron chi connectivity index (χ4n) is 2.23. The van der Waals surface area contributed by atoms with Crippen LogP contribution in [0.1, 0.15) is 32.8 Å². The SMILES string of the molecule is CC(C)NCC1(C)CCOc2ccccc21. The predicted molar refractivity (Wildman–Crippen MR) is 67.0 cm³/mol. The van der Waals surface area contributed by atoms with Crippen molar-refractivity contribution in [2.45, 2.75) is 38.6 Å². The van der Waals surface area contributed by atoms with E-state index in [-0.39, 0.29) is 5.41 Å². The fourth-order valence-corrected chi connectivity index (χ4v) is 2.23. The van der Waals surface area contributed by atoms with Gasteiger partial charge in [-0.1, -0.05) is 39.0 Å². The van der Waals surface area contributed by atoms with Crippen LogP contribution in [0.15, 0.2) is 24.3 Å². The summed E-state index contributed by atoms with van der Waals surface area (Å²) in [5.41, 5.74) is 1.55. The van der Waals surface area contributed by atoms with Gasteiger partial charge in [-0.3, -0.25) is 0 Å². The zero-order valence-electron chi connectivity index (χ0n) is 10.4. The van der Waals surface area contributed by atoms with Crippen molar-refractivity contribution in [3.8, 4) is 5.75 Å². The smallest absolute Gasteiger partial charge is 0.123 e. The number of hydrogen-bond donors (Lipinski definition) is 1. The number of benzene rings is 1. The maximum absolute atomic E-state index is 5.70. The first-order chi connectivity index (χ1) is 7.62. The number of ether oxygens (including phenoxy) is 1. The molecule has 0 fully saturated rings. The van der Waals surface area contributed by atoms with Gasteiger partial charge in [0.05, 0.1) is 6.61 Å². The van der Waals surface area contributed by atoms with Gasteiger partial charge < -0.3 is 10.1 Å². The zero-order chi connectivity index (χ0) is 11.6. The van der Waals surface area contributed by atoms with Gasteiger partial charge in [0.1, 0.15) is 5.75 Å². The molecule has 2 nitrogen and oxygen atoms in total. The number of rotatable bonds is 3. The van der Waals surface area contributed by atoms with Crippen molar-refractivity contribution >= 4 is 0 Å². The first-order valence-electron chi connectivity index (χ1n) is 6.07. The second-order valence-corrected chi connectivity index (χ2v) is 5.19. The Bertz CT molecular complexity index is 362. The van der Waals surface area contributed by atoms with E-state index in [0.717, 1.165) is 25.3 Å². The summed E-state index contributed by atoms with van der Waals surface area (Å²) in [4.78, 5) is 0. The quantitative estimate of drug-likeness (QED) is 0.844. The van der Waals surface area contributed by atoms with Crippen LogP contribution in [-0.2, 0) is 5.41 Å². The van der Waals surface area contributed by atoms with E-state index < -0.39 is 0 Å². The minimum absolute atomic E-state index is 0.207. The van der Waals surface area contributed by atoms with Crippen LogP contribution in [0.5, 0.6) is 5.75 Å². The van der Waals surface area contributed by atoms with Crippen molar-refractivity contribution in [3.63, 3.8) is 0 Å². The lowest BCUT2D eigenvalue weighted by Crippen LogP contribution is -2.41. The Balaban J connectivity index is 2.22. The molecule has 16 heavy (non-hydrogen) atoms. The summed E-state index contributed by atoms with van der Waals surface area (Å²) in [7, 11) is 0. The number of para-hydroxylation sites is 1. The van der Waals surface area contributed by atoms with Gasteiger partial charge in [0.2, 0.25) is 0 Å². The Morgan fingerprint density at radius 1 is 1.38 bits per heavy atom. The van der Waals surface area contributed by atoms with Gasteiger partial charge in [-0.05, 0) is 12.5 Å². The lowest BCUT2D eigenvalue weighted by atomic mass is 9.77. The van der Waals surface area contributed by atoms with Gasteiger partial charge in [-0.15, -0.1) is 0 Å². The Morgan fingerprint density at radius 3 is 2.88 bits per heavy atom. The van der Waals surface area contributed by atoms with Crippen molar-refractivity contribution in [3.05, 3.63) is 29.8 Å². The van der Waals surface area contributed by atoms with E-state index in [1.165, 1.54) is 5.56 Å². The molecule has 0 aromatic heterocycles. The van der Waals surface area contributed by atoms with Gasteiger partial charge in [0.15, 0.2) is 0 Å². The van der Waals surface area contributed by atoms with E-state index in [1.54, 1.807) is 0 Å². The summed E-state index contributed by atoms with van der Waals surface area (Å²) >= 11 is 0. The summed E-state index contributed by atoms with van der Waals surface area (Å²) < 4.78 is 5.70. The third-order valence-electron chi connectivity index (χ3n) is 3.35. The molecule has 0 saturated carbocycles. The predicted octanol–water partition coefficient (Wildman–Crippen LogP) is 2.72. The minimum Gasteiger partial charge on any atom is -0.493 e. The molecule has 0 spiro atoms. The Labute approximate surface area is 98.0 Å². The molecule has 0 saturated heterocycles. The molecule has 2 heteroatoms. The molecular formula is C14H21NO. The third-order valence-corrected chi connectivity index (χ3v) is 3.35. The van der Waals surface area contributed by atoms with Gasteiger partial charge in [0.25, 0.3) is 0 Å². The van der Waals surface area contributed by atoms with Gasteiger partial charge in [0, 0.05) is 23.6 Å². The van der Waals surface area contributed by atoms with Crippen molar-refractivity contribution in [1.82, 2.24) is 5.32 Å². The average Bonchev–Trinajstić information content (AvgIpc) is 2.27. The highest BCUT2D eigenvalue weighted by atomic mass is 16.5. The molecule has 2 rings (SSSR count). The molecule has 1 unspecified atom stereocenters. The highest BCUT2D eigenvalue weighted by molar-refractivity contribution is 5.41. The van der Waals surface area contributed by atoms with Crippen molar-refractivity contribution in [1.29, 1.82) is 0 Å². The van der Waals surface area contributed by atoms with Crippen LogP contribution >= 0.6 is 0 Å². The molecule has 0 bridgehead atoms. The number of fused-ring (bicyclic) bond motifs is 1. The first-order valence-corrected chi connectivity index (χ1v) is 6.07. The topological polar surface area (TPSA) is 21.3 Å². The molecule has 1 N–H and O–H groups in total. The van der Waals surface area contributed by atoms with Gasteiger partial charge >= 0.3 is 0 Å². The maximum atomic E-state index is 5.70. The van der Waals surface area contributed by atoms with Crippen LogP contribution in [0.2, 0.25) is 0 Å². The molecule has 1 aliphatic heterocycles. The Morgan fingerprint density at radius 2 is 2.12 bits per heavy atom. The van der Waals surface area contributed by atoms with E-state index in [4.69, 9.17) is 4.74 Å². The van der Waals surface area contributed by atoms with Crippen molar-refractivity contribution in [2.75, 3.05) is 13.2 Å². The zero-order valence-corrected chi connectivity index (χ0v) is 10.4. The van der Waals surface area contributed by atoms with Crippen LogP contribution in [-0.4, -0.2) is 19.2 Å². The van der Waals surface area contributed by atoms with Crippen LogP contribution in [0.4, 0.5) is 0 Å². The molecule has 1 heterocycles. The molecule has 1 aliphatic rings. The highest BCUT2D eigenvalue weighted by Crippen LogP contribution is 2.37. The van der Waals surface area contributed by atoms with E-state index in [9.17, 15) is 0 Å². The standard InChI is InChI=1S/C14H21NO/c1-11(2)15-10-14(3)8-9-16-13-7-5-4-6-12(13)14/h4-7,11,15H,8-10H2,1-3H3.